The van der Waals surface area contributed by atoms with Gasteiger partial charge in [-0.3, -0.25) is 9.97 Å². The van der Waals surface area contributed by atoms with E-state index in [1.807, 2.05) is 9.80 Å². The molecular weight excluding hydrogens is 440 g/mol. The molecule has 0 spiro atoms. The molecule has 4 heterocycles. The molecule has 34 heavy (non-hydrogen) atoms. The number of nitrogens with zero attached hydrogens (tertiary/aromatic N) is 6. The van der Waals surface area contributed by atoms with E-state index in [0.29, 0.717) is 43.5 Å². The number of hydrogen-bond acceptors (Lipinski definition) is 5. The second-order valence-corrected chi connectivity index (χ2v) is 10.8. The standard InChI is InChI=1S/C24H31F2N7O/c1-23(25,26)24(6-7-24)19-11-27-18(10-28-19)17-13-33(14-17)22(34)32-8-2-3-15(12-32)9-20-29-21(31-30-20)16-4-5-16/h10-11,15-17H,2-9,12-14H2,1H3,(H,29,30,31). The molecule has 4 fully saturated rings. The van der Waals surface area contributed by atoms with Crippen LogP contribution in [0.2, 0.25) is 0 Å². The van der Waals surface area contributed by atoms with Crippen LogP contribution in [0.1, 0.15) is 80.3 Å². The molecule has 1 N–H and O–H groups in total. The minimum Gasteiger partial charge on any atom is -0.329 e. The van der Waals surface area contributed by atoms with E-state index in [-0.39, 0.29) is 11.9 Å². The summed E-state index contributed by atoms with van der Waals surface area (Å²) in [7, 11) is 0. The van der Waals surface area contributed by atoms with E-state index in [4.69, 9.17) is 0 Å². The van der Waals surface area contributed by atoms with Crippen LogP contribution in [0.25, 0.3) is 0 Å². The molecule has 1 unspecified atom stereocenters. The van der Waals surface area contributed by atoms with Gasteiger partial charge >= 0.3 is 6.03 Å². The van der Waals surface area contributed by atoms with E-state index in [1.165, 1.54) is 19.0 Å². The molecule has 2 aliphatic carbocycles. The quantitative estimate of drug-likeness (QED) is 0.695. The van der Waals surface area contributed by atoms with Crippen molar-refractivity contribution < 1.29 is 13.6 Å². The number of aromatic nitrogens is 5. The zero-order chi connectivity index (χ0) is 23.5. The summed E-state index contributed by atoms with van der Waals surface area (Å²) in [5.74, 6) is 0.215. The summed E-state index contributed by atoms with van der Waals surface area (Å²) >= 11 is 0. The van der Waals surface area contributed by atoms with Gasteiger partial charge in [0.15, 0.2) is 0 Å². The maximum Gasteiger partial charge on any atom is 0.320 e. The average Bonchev–Trinajstić information content (AvgIpc) is 3.71. The largest absolute Gasteiger partial charge is 0.329 e. The van der Waals surface area contributed by atoms with Crippen LogP contribution in [0.5, 0.6) is 0 Å². The minimum absolute atomic E-state index is 0.0735. The van der Waals surface area contributed by atoms with Gasteiger partial charge in [0, 0.05) is 63.8 Å². The predicted octanol–water partition coefficient (Wildman–Crippen LogP) is 3.63. The van der Waals surface area contributed by atoms with Crippen LogP contribution in [-0.2, 0) is 11.8 Å². The van der Waals surface area contributed by atoms with Crippen molar-refractivity contribution in [1.82, 2.24) is 34.9 Å². The minimum atomic E-state index is -2.79. The first-order valence-electron chi connectivity index (χ1n) is 12.5. The third-order valence-corrected chi connectivity index (χ3v) is 8.11. The van der Waals surface area contributed by atoms with E-state index >= 15 is 0 Å². The number of likely N-dealkylation sites (tertiary alicyclic amines) is 2. The molecule has 8 nitrogen and oxygen atoms in total. The fraction of sp³-hybridized carbons (Fsp3) is 0.708. The van der Waals surface area contributed by atoms with Crippen LogP contribution in [0.4, 0.5) is 13.6 Å². The Morgan fingerprint density at radius 3 is 2.53 bits per heavy atom. The number of carbonyl (C=O) groups excluding carboxylic acids is 1. The van der Waals surface area contributed by atoms with Crippen LogP contribution < -0.4 is 0 Å². The van der Waals surface area contributed by atoms with Crippen molar-refractivity contribution >= 4 is 6.03 Å². The average molecular weight is 472 g/mol. The highest BCUT2D eigenvalue weighted by atomic mass is 19.3. The number of carbonyl (C=O) groups is 1. The Bertz CT molecular complexity index is 1050. The molecule has 2 aliphatic heterocycles. The molecule has 2 aromatic rings. The van der Waals surface area contributed by atoms with Crippen molar-refractivity contribution in [2.24, 2.45) is 5.92 Å². The molecule has 4 aliphatic rings. The molecular formula is C24H31F2N7O. The Morgan fingerprint density at radius 1 is 1.09 bits per heavy atom. The topological polar surface area (TPSA) is 90.9 Å². The molecule has 1 atom stereocenters. The third kappa shape index (κ3) is 3.94. The molecule has 182 valence electrons. The van der Waals surface area contributed by atoms with Gasteiger partial charge in [0.25, 0.3) is 5.92 Å². The molecule has 0 bridgehead atoms. The van der Waals surface area contributed by atoms with Crippen LogP contribution in [0.15, 0.2) is 12.4 Å². The van der Waals surface area contributed by atoms with Crippen LogP contribution in [0.3, 0.4) is 0 Å². The second kappa shape index (κ2) is 7.95. The van der Waals surface area contributed by atoms with Gasteiger partial charge < -0.3 is 14.8 Å². The number of nitrogens with one attached hydrogen (secondary N) is 1. The van der Waals surface area contributed by atoms with Gasteiger partial charge in [-0.15, -0.1) is 10.2 Å². The van der Waals surface area contributed by atoms with Crippen molar-refractivity contribution in [1.29, 1.82) is 0 Å². The number of rotatable bonds is 6. The first-order chi connectivity index (χ1) is 16.3. The Hall–Kier alpha value is -2.65. The Kier molecular flexibility index (Phi) is 5.11. The summed E-state index contributed by atoms with van der Waals surface area (Å²) in [6.07, 6.45) is 9.34. The van der Waals surface area contributed by atoms with Gasteiger partial charge in [0.1, 0.15) is 11.6 Å². The summed E-state index contributed by atoms with van der Waals surface area (Å²) in [5, 5.41) is 8.59. The SMILES string of the molecule is CC(F)(F)C1(c2cnc(C3CN(C(=O)N4CCCC(Cc5nnc(C6CC6)[nH]5)C4)C3)cn2)CC1. The van der Waals surface area contributed by atoms with Crippen LogP contribution in [0, 0.1) is 5.92 Å². The van der Waals surface area contributed by atoms with Crippen LogP contribution >= 0.6 is 0 Å². The fourth-order valence-corrected chi connectivity index (χ4v) is 5.49. The van der Waals surface area contributed by atoms with Gasteiger partial charge in [-0.25, -0.2) is 13.6 Å². The van der Waals surface area contributed by atoms with Crippen molar-refractivity contribution in [3.63, 3.8) is 0 Å². The smallest absolute Gasteiger partial charge is 0.320 e. The van der Waals surface area contributed by atoms with E-state index in [1.54, 1.807) is 6.20 Å². The molecule has 0 aromatic carbocycles. The number of aromatic amines is 1. The highest BCUT2D eigenvalue weighted by Crippen LogP contribution is 2.57. The van der Waals surface area contributed by atoms with Crippen molar-refractivity contribution in [3.8, 4) is 0 Å². The molecule has 10 heteroatoms. The number of alkyl halides is 2. The van der Waals surface area contributed by atoms with E-state index < -0.39 is 11.3 Å². The monoisotopic (exact) mass is 471 g/mol. The zero-order valence-corrected chi connectivity index (χ0v) is 19.5. The van der Waals surface area contributed by atoms with Crippen LogP contribution in [-0.4, -0.2) is 73.1 Å². The maximum atomic E-state index is 14.0. The molecule has 0 radical (unpaired) electrons. The first-order valence-corrected chi connectivity index (χ1v) is 12.5. The lowest BCUT2D eigenvalue weighted by atomic mass is 9.93. The third-order valence-electron chi connectivity index (χ3n) is 8.11. The van der Waals surface area contributed by atoms with Gasteiger partial charge in [0.05, 0.1) is 16.8 Å². The first kappa shape index (κ1) is 21.9. The Morgan fingerprint density at radius 2 is 1.88 bits per heavy atom. The van der Waals surface area contributed by atoms with Gasteiger partial charge in [0.2, 0.25) is 0 Å². The lowest BCUT2D eigenvalue weighted by Gasteiger charge is -2.43. The highest BCUT2D eigenvalue weighted by molar-refractivity contribution is 5.75. The van der Waals surface area contributed by atoms with Gasteiger partial charge in [-0.2, -0.15) is 0 Å². The van der Waals surface area contributed by atoms with E-state index in [0.717, 1.165) is 56.6 Å². The lowest BCUT2D eigenvalue weighted by Crippen LogP contribution is -2.55. The molecule has 2 aromatic heterocycles. The maximum absolute atomic E-state index is 14.0. The normalized spacial score (nSPS) is 24.7. The molecule has 2 saturated heterocycles. The number of piperidine rings is 1. The molecule has 6 rings (SSSR count). The number of urea groups is 1. The number of halogens is 2. The van der Waals surface area contributed by atoms with Gasteiger partial charge in [-0.05, 0) is 44.4 Å². The molecule has 2 amide bonds. The summed E-state index contributed by atoms with van der Waals surface area (Å²) in [5.41, 5.74) is 0.0125. The number of H-pyrrole nitrogens is 1. The Balaban J connectivity index is 1.01. The second-order valence-electron chi connectivity index (χ2n) is 10.8. The van der Waals surface area contributed by atoms with E-state index in [9.17, 15) is 13.6 Å². The Labute approximate surface area is 197 Å². The van der Waals surface area contributed by atoms with Crippen molar-refractivity contribution in [3.05, 3.63) is 35.4 Å². The predicted molar refractivity (Wildman–Crippen MR) is 120 cm³/mol. The fourth-order valence-electron chi connectivity index (χ4n) is 5.49. The highest BCUT2D eigenvalue weighted by Gasteiger charge is 2.61. The lowest BCUT2D eigenvalue weighted by molar-refractivity contribution is -0.0215. The van der Waals surface area contributed by atoms with Gasteiger partial charge in [-0.1, -0.05) is 0 Å². The number of hydrogen-bond donors (Lipinski definition) is 1. The summed E-state index contributed by atoms with van der Waals surface area (Å²) in [4.78, 5) is 29.0. The molecule has 2 saturated carbocycles. The number of amides is 2. The summed E-state index contributed by atoms with van der Waals surface area (Å²) < 4.78 is 27.9. The zero-order valence-electron chi connectivity index (χ0n) is 19.5. The van der Waals surface area contributed by atoms with Crippen molar-refractivity contribution in [2.75, 3.05) is 26.2 Å². The van der Waals surface area contributed by atoms with Crippen molar-refractivity contribution in [2.45, 2.75) is 75.0 Å². The summed E-state index contributed by atoms with van der Waals surface area (Å²) in [6.45, 7) is 3.67. The van der Waals surface area contributed by atoms with E-state index in [2.05, 4.69) is 25.1 Å². The summed E-state index contributed by atoms with van der Waals surface area (Å²) in [6, 6.07) is 0.0735.